The van der Waals surface area contributed by atoms with Gasteiger partial charge < -0.3 is 5.11 Å². The molecule has 0 amide bonds. The highest BCUT2D eigenvalue weighted by Crippen LogP contribution is 2.41. The largest absolute Gasteiger partial charge is 0.370 e. The smallest absolute Gasteiger partial charge is 0.364 e. The summed E-state index contributed by atoms with van der Waals surface area (Å²) in [5, 5.41) is -1.19. The Kier molecular flexibility index (Phi) is 2.67. The normalized spacial score (nSPS) is 15.3. The van der Waals surface area contributed by atoms with Gasteiger partial charge in [0.1, 0.15) is 0 Å². The Hall–Kier alpha value is 0.220. The molecule has 0 aromatic heterocycles. The molecule has 0 spiro atoms. The number of hydrogen-bond donors (Lipinski definition) is 2. The molecular weight excluding hydrogens is 213 g/mol. The van der Waals surface area contributed by atoms with Crippen molar-refractivity contribution in [1.82, 2.24) is 0 Å². The molecule has 0 rings (SSSR count). The van der Waals surface area contributed by atoms with E-state index in [4.69, 9.17) is 5.11 Å². The maximum absolute atomic E-state index is 11.8. The number of halogens is 6. The third-order valence-corrected chi connectivity index (χ3v) is 1.44. The number of rotatable bonds is 2. The Morgan fingerprint density at radius 3 is 1.18 bits per heavy atom. The molecule has 0 aromatic carbocycles. The molecule has 3 N–H and O–H groups in total. The van der Waals surface area contributed by atoms with Crippen LogP contribution in [0.15, 0.2) is 0 Å². The second kappa shape index (κ2) is 2.62. The van der Waals surface area contributed by atoms with Crippen molar-refractivity contribution in [2.75, 3.05) is 0 Å². The summed E-state index contributed by atoms with van der Waals surface area (Å²) in [5.41, 5.74) is -0.198. The SMILES string of the molecule is NC(O)(C(F)(F)Cl)C(F)(F)Cl. The first-order chi connectivity index (χ1) is 4.50. The summed E-state index contributed by atoms with van der Waals surface area (Å²) in [6.45, 7) is 0. The summed E-state index contributed by atoms with van der Waals surface area (Å²) in [5.74, 6) is 0. The number of hydrogen-bond acceptors (Lipinski definition) is 2. The zero-order valence-corrected chi connectivity index (χ0v) is 6.30. The minimum Gasteiger partial charge on any atom is -0.364 e. The third kappa shape index (κ3) is 2.08. The highest BCUT2D eigenvalue weighted by Gasteiger charge is 2.64. The van der Waals surface area contributed by atoms with E-state index in [1.165, 1.54) is 0 Å². The van der Waals surface area contributed by atoms with Crippen molar-refractivity contribution in [3.05, 3.63) is 0 Å². The molecule has 0 saturated carbocycles. The van der Waals surface area contributed by atoms with E-state index in [2.05, 4.69) is 28.9 Å². The number of aliphatic hydroxyl groups is 1. The average Bonchev–Trinajstić information content (AvgIpc) is 1.58. The zero-order chi connectivity index (χ0) is 9.50. The van der Waals surface area contributed by atoms with Crippen molar-refractivity contribution in [2.24, 2.45) is 5.73 Å². The van der Waals surface area contributed by atoms with Crippen LogP contribution in [-0.2, 0) is 0 Å². The van der Waals surface area contributed by atoms with E-state index in [0.29, 0.717) is 0 Å². The van der Waals surface area contributed by atoms with Crippen LogP contribution in [0.2, 0.25) is 0 Å². The van der Waals surface area contributed by atoms with Crippen LogP contribution in [0.25, 0.3) is 0 Å². The van der Waals surface area contributed by atoms with Gasteiger partial charge in [0.2, 0.25) is 0 Å². The highest BCUT2D eigenvalue weighted by molar-refractivity contribution is 6.26. The van der Waals surface area contributed by atoms with Gasteiger partial charge >= 0.3 is 10.8 Å². The molecule has 0 aliphatic rings. The van der Waals surface area contributed by atoms with E-state index in [1.54, 1.807) is 0 Å². The van der Waals surface area contributed by atoms with Gasteiger partial charge in [-0.1, -0.05) is 0 Å². The van der Waals surface area contributed by atoms with Crippen LogP contribution in [-0.4, -0.2) is 21.6 Å². The lowest BCUT2D eigenvalue weighted by Crippen LogP contribution is -2.62. The van der Waals surface area contributed by atoms with Gasteiger partial charge in [0.15, 0.2) is 0 Å². The molecule has 2 nitrogen and oxygen atoms in total. The molecule has 0 bridgehead atoms. The lowest BCUT2D eigenvalue weighted by Gasteiger charge is -2.30. The van der Waals surface area contributed by atoms with Crippen LogP contribution in [0, 0.1) is 0 Å². The molecule has 0 aliphatic heterocycles. The van der Waals surface area contributed by atoms with Crippen molar-refractivity contribution in [1.29, 1.82) is 0 Å². The van der Waals surface area contributed by atoms with Crippen LogP contribution in [0.1, 0.15) is 0 Å². The summed E-state index contributed by atoms with van der Waals surface area (Å²) in [6.07, 6.45) is 0. The van der Waals surface area contributed by atoms with Gasteiger partial charge in [-0.05, 0) is 23.2 Å². The van der Waals surface area contributed by atoms with Gasteiger partial charge in [-0.2, -0.15) is 17.6 Å². The summed E-state index contributed by atoms with van der Waals surface area (Å²) in [6, 6.07) is 0. The van der Waals surface area contributed by atoms with Crippen molar-refractivity contribution in [2.45, 2.75) is 16.5 Å². The van der Waals surface area contributed by atoms with E-state index in [1.807, 2.05) is 0 Å². The Labute approximate surface area is 68.9 Å². The second-order valence-corrected chi connectivity index (χ2v) is 2.71. The maximum atomic E-state index is 11.8. The Balaban J connectivity index is 4.75. The summed E-state index contributed by atoms with van der Waals surface area (Å²) < 4.78 is 47.3. The minimum atomic E-state index is -4.70. The fourth-order valence-electron chi connectivity index (χ4n) is 0.161. The Bertz CT molecular complexity index is 134. The lowest BCUT2D eigenvalue weighted by molar-refractivity contribution is -0.213. The molecular formula is C3H3Cl2F4NO. The standard InChI is InChI=1S/C3H3Cl2F4NO/c4-2(6,7)1(10,11)3(5,8)9/h11H,10H2. The van der Waals surface area contributed by atoms with Gasteiger partial charge in [-0.3, -0.25) is 5.73 Å². The quantitative estimate of drug-likeness (QED) is 0.415. The maximum Gasteiger partial charge on any atom is 0.370 e. The predicted molar refractivity (Wildman–Crippen MR) is 30.7 cm³/mol. The van der Waals surface area contributed by atoms with E-state index < -0.39 is 16.5 Å². The van der Waals surface area contributed by atoms with Crippen molar-refractivity contribution in [3.8, 4) is 0 Å². The minimum absolute atomic E-state index is 4.04. The fourth-order valence-corrected chi connectivity index (χ4v) is 0.446. The zero-order valence-electron chi connectivity index (χ0n) is 4.79. The molecule has 0 atom stereocenters. The molecule has 11 heavy (non-hydrogen) atoms. The molecule has 0 radical (unpaired) electrons. The van der Waals surface area contributed by atoms with Gasteiger partial charge in [-0.25, -0.2) is 0 Å². The number of nitrogens with two attached hydrogens (primary N) is 1. The van der Waals surface area contributed by atoms with E-state index >= 15 is 0 Å². The summed E-state index contributed by atoms with van der Waals surface area (Å²) >= 11 is 8.07. The first-order valence-electron chi connectivity index (χ1n) is 2.15. The van der Waals surface area contributed by atoms with Crippen LogP contribution in [0.5, 0.6) is 0 Å². The topological polar surface area (TPSA) is 46.2 Å². The molecule has 0 aromatic rings. The third-order valence-electron chi connectivity index (χ3n) is 0.864. The molecule has 0 unspecified atom stereocenters. The van der Waals surface area contributed by atoms with E-state index in [0.717, 1.165) is 0 Å². The highest BCUT2D eigenvalue weighted by atomic mass is 35.5. The molecule has 0 heterocycles. The molecule has 68 valence electrons. The van der Waals surface area contributed by atoms with Crippen molar-refractivity contribution < 1.29 is 22.7 Å². The molecule has 0 aliphatic carbocycles. The van der Waals surface area contributed by atoms with Gasteiger partial charge in [0, 0.05) is 0 Å². The molecule has 8 heteroatoms. The van der Waals surface area contributed by atoms with E-state index in [-0.39, 0.29) is 0 Å². The van der Waals surface area contributed by atoms with Gasteiger partial charge in [-0.15, -0.1) is 0 Å². The fraction of sp³-hybridized carbons (Fsp3) is 1.00. The first kappa shape index (κ1) is 11.2. The summed E-state index contributed by atoms with van der Waals surface area (Å²) in [7, 11) is 0. The van der Waals surface area contributed by atoms with Crippen LogP contribution < -0.4 is 5.73 Å². The number of alkyl halides is 6. The van der Waals surface area contributed by atoms with Gasteiger partial charge in [0.25, 0.3) is 5.72 Å². The second-order valence-electron chi connectivity index (χ2n) is 1.76. The predicted octanol–water partition coefficient (Wildman–Crippen LogP) is 1.30. The van der Waals surface area contributed by atoms with Gasteiger partial charge in [0.05, 0.1) is 0 Å². The first-order valence-corrected chi connectivity index (χ1v) is 2.90. The average molecular weight is 216 g/mol. The van der Waals surface area contributed by atoms with Crippen LogP contribution in [0.3, 0.4) is 0 Å². The Morgan fingerprint density at radius 1 is 1.00 bits per heavy atom. The monoisotopic (exact) mass is 215 g/mol. The van der Waals surface area contributed by atoms with E-state index in [9.17, 15) is 17.6 Å². The Morgan fingerprint density at radius 2 is 1.18 bits per heavy atom. The lowest BCUT2D eigenvalue weighted by atomic mass is 10.2. The molecule has 0 saturated heterocycles. The molecule has 0 fully saturated rings. The van der Waals surface area contributed by atoms with Crippen molar-refractivity contribution >= 4 is 23.2 Å². The van der Waals surface area contributed by atoms with Crippen LogP contribution in [0.4, 0.5) is 17.6 Å². The van der Waals surface area contributed by atoms with Crippen LogP contribution >= 0.6 is 23.2 Å². The van der Waals surface area contributed by atoms with Crippen molar-refractivity contribution in [3.63, 3.8) is 0 Å². The summed E-state index contributed by atoms with van der Waals surface area (Å²) in [4.78, 5) is 0.